The van der Waals surface area contributed by atoms with Crippen molar-refractivity contribution >= 4 is 23.1 Å². The summed E-state index contributed by atoms with van der Waals surface area (Å²) < 4.78 is 5.27. The van der Waals surface area contributed by atoms with Crippen LogP contribution < -0.4 is 5.32 Å². The van der Waals surface area contributed by atoms with Crippen LogP contribution >= 0.6 is 11.3 Å². The number of amides is 1. The Morgan fingerprint density at radius 3 is 2.60 bits per heavy atom. The molecule has 0 aliphatic carbocycles. The SMILES string of the molecule is CCCCCCc1scc(NC(=O)OC(C)(C)C)c1C. The van der Waals surface area contributed by atoms with E-state index in [9.17, 15) is 4.79 Å². The first-order valence-electron chi connectivity index (χ1n) is 7.40. The predicted octanol–water partition coefficient (Wildman–Crippen LogP) is 5.53. The smallest absolute Gasteiger partial charge is 0.412 e. The van der Waals surface area contributed by atoms with Gasteiger partial charge in [-0.1, -0.05) is 26.2 Å². The number of rotatable bonds is 6. The molecule has 1 N–H and O–H groups in total. The van der Waals surface area contributed by atoms with E-state index < -0.39 is 5.60 Å². The molecule has 1 rings (SSSR count). The maximum absolute atomic E-state index is 11.8. The zero-order valence-electron chi connectivity index (χ0n) is 13.3. The van der Waals surface area contributed by atoms with Crippen molar-refractivity contribution in [3.63, 3.8) is 0 Å². The summed E-state index contributed by atoms with van der Waals surface area (Å²) in [6.45, 7) is 9.89. The van der Waals surface area contributed by atoms with Gasteiger partial charge in [0.2, 0.25) is 0 Å². The maximum Gasteiger partial charge on any atom is 0.412 e. The fourth-order valence-electron chi connectivity index (χ4n) is 1.95. The summed E-state index contributed by atoms with van der Waals surface area (Å²) in [6, 6.07) is 0. The Labute approximate surface area is 126 Å². The van der Waals surface area contributed by atoms with E-state index in [4.69, 9.17) is 4.74 Å². The standard InChI is InChI=1S/C16H27NO2S/c1-6-7-8-9-10-14-12(2)13(11-20-14)17-15(18)19-16(3,4)5/h11H,6-10H2,1-5H3,(H,17,18). The summed E-state index contributed by atoms with van der Waals surface area (Å²) in [5, 5.41) is 4.85. The number of ether oxygens (including phenoxy) is 1. The Kier molecular flexibility index (Phi) is 6.53. The number of unbranched alkanes of at least 4 members (excludes halogenated alkanes) is 3. The minimum atomic E-state index is -0.461. The highest BCUT2D eigenvalue weighted by molar-refractivity contribution is 7.10. The lowest BCUT2D eigenvalue weighted by atomic mass is 10.1. The third-order valence-corrected chi connectivity index (χ3v) is 4.18. The van der Waals surface area contributed by atoms with Crippen LogP contribution in [0.1, 0.15) is 63.8 Å². The van der Waals surface area contributed by atoms with Crippen LogP contribution in [0.25, 0.3) is 0 Å². The molecule has 20 heavy (non-hydrogen) atoms. The number of hydrogen-bond acceptors (Lipinski definition) is 3. The average Bonchev–Trinajstić information content (AvgIpc) is 2.64. The van der Waals surface area contributed by atoms with Gasteiger partial charge < -0.3 is 4.74 Å². The van der Waals surface area contributed by atoms with Crippen LogP contribution in [-0.2, 0) is 11.2 Å². The highest BCUT2D eigenvalue weighted by Gasteiger charge is 2.17. The normalized spacial score (nSPS) is 11.4. The van der Waals surface area contributed by atoms with Gasteiger partial charge in [0.15, 0.2) is 0 Å². The monoisotopic (exact) mass is 297 g/mol. The van der Waals surface area contributed by atoms with Crippen molar-refractivity contribution in [1.82, 2.24) is 0 Å². The maximum atomic E-state index is 11.8. The molecule has 1 aromatic heterocycles. The number of thiophene rings is 1. The molecule has 0 bridgehead atoms. The van der Waals surface area contributed by atoms with E-state index in [1.165, 1.54) is 36.1 Å². The predicted molar refractivity (Wildman–Crippen MR) is 86.8 cm³/mol. The summed E-state index contributed by atoms with van der Waals surface area (Å²) in [6.07, 6.45) is 5.79. The number of anilines is 1. The summed E-state index contributed by atoms with van der Waals surface area (Å²) in [4.78, 5) is 13.1. The molecule has 0 spiro atoms. The number of carbonyl (C=O) groups is 1. The van der Waals surface area contributed by atoms with Gasteiger partial charge in [-0.25, -0.2) is 4.79 Å². The van der Waals surface area contributed by atoms with Crippen molar-refractivity contribution in [2.75, 3.05) is 5.32 Å². The first-order valence-corrected chi connectivity index (χ1v) is 8.28. The second-order valence-electron chi connectivity index (χ2n) is 6.14. The van der Waals surface area contributed by atoms with E-state index in [-0.39, 0.29) is 6.09 Å². The zero-order chi connectivity index (χ0) is 15.2. The lowest BCUT2D eigenvalue weighted by Gasteiger charge is -2.19. The van der Waals surface area contributed by atoms with Crippen molar-refractivity contribution in [1.29, 1.82) is 0 Å². The quantitative estimate of drug-likeness (QED) is 0.701. The Hall–Kier alpha value is -1.03. The molecule has 0 aliphatic heterocycles. The summed E-state index contributed by atoms with van der Waals surface area (Å²) in [5.74, 6) is 0. The fourth-order valence-corrected chi connectivity index (χ4v) is 3.00. The Morgan fingerprint density at radius 1 is 1.30 bits per heavy atom. The van der Waals surface area contributed by atoms with Gasteiger partial charge in [0.05, 0.1) is 5.69 Å². The van der Waals surface area contributed by atoms with Crippen LogP contribution in [0.15, 0.2) is 5.38 Å². The van der Waals surface area contributed by atoms with Gasteiger partial charge in [0.25, 0.3) is 0 Å². The largest absolute Gasteiger partial charge is 0.444 e. The van der Waals surface area contributed by atoms with Gasteiger partial charge in [0.1, 0.15) is 5.60 Å². The van der Waals surface area contributed by atoms with Gasteiger partial charge in [-0.15, -0.1) is 11.3 Å². The molecule has 0 saturated carbocycles. The molecule has 0 atom stereocenters. The molecular weight excluding hydrogens is 270 g/mol. The second kappa shape index (κ2) is 7.67. The molecule has 1 aromatic rings. The average molecular weight is 297 g/mol. The molecule has 0 saturated heterocycles. The van der Waals surface area contributed by atoms with Crippen LogP contribution in [0.4, 0.5) is 10.5 Å². The molecule has 4 heteroatoms. The van der Waals surface area contributed by atoms with Crippen LogP contribution in [0.2, 0.25) is 0 Å². The van der Waals surface area contributed by atoms with Gasteiger partial charge in [0, 0.05) is 10.3 Å². The molecule has 1 amide bonds. The van der Waals surface area contributed by atoms with Crippen LogP contribution in [0.5, 0.6) is 0 Å². The minimum absolute atomic E-state index is 0.379. The molecule has 0 aliphatic rings. The Bertz CT molecular complexity index is 432. The minimum Gasteiger partial charge on any atom is -0.444 e. The van der Waals surface area contributed by atoms with E-state index >= 15 is 0 Å². The van der Waals surface area contributed by atoms with E-state index in [1.807, 2.05) is 26.2 Å². The van der Waals surface area contributed by atoms with Crippen LogP contribution in [0, 0.1) is 6.92 Å². The van der Waals surface area contributed by atoms with E-state index in [0.29, 0.717) is 0 Å². The van der Waals surface area contributed by atoms with E-state index in [0.717, 1.165) is 12.1 Å². The molecule has 0 aromatic carbocycles. The lowest BCUT2D eigenvalue weighted by Crippen LogP contribution is -2.27. The number of nitrogens with one attached hydrogen (secondary N) is 1. The number of aryl methyl sites for hydroxylation is 1. The number of hydrogen-bond donors (Lipinski definition) is 1. The van der Waals surface area contributed by atoms with Crippen molar-refractivity contribution in [2.45, 2.75) is 72.3 Å². The first kappa shape index (κ1) is 17.0. The van der Waals surface area contributed by atoms with Crippen LogP contribution in [-0.4, -0.2) is 11.7 Å². The third-order valence-electron chi connectivity index (χ3n) is 3.03. The Morgan fingerprint density at radius 2 is 2.00 bits per heavy atom. The van der Waals surface area contributed by atoms with Crippen molar-refractivity contribution in [3.8, 4) is 0 Å². The van der Waals surface area contributed by atoms with Gasteiger partial charge >= 0.3 is 6.09 Å². The Balaban J connectivity index is 2.52. The zero-order valence-corrected chi connectivity index (χ0v) is 14.2. The van der Waals surface area contributed by atoms with Crippen molar-refractivity contribution < 1.29 is 9.53 Å². The lowest BCUT2D eigenvalue weighted by molar-refractivity contribution is 0.0636. The molecular formula is C16H27NO2S. The number of carbonyl (C=O) groups excluding carboxylic acids is 1. The van der Waals surface area contributed by atoms with Gasteiger partial charge in [-0.05, 0) is 46.1 Å². The van der Waals surface area contributed by atoms with Crippen molar-refractivity contribution in [2.24, 2.45) is 0 Å². The highest BCUT2D eigenvalue weighted by Crippen LogP contribution is 2.28. The van der Waals surface area contributed by atoms with Crippen molar-refractivity contribution in [3.05, 3.63) is 15.8 Å². The van der Waals surface area contributed by atoms with Gasteiger partial charge in [-0.2, -0.15) is 0 Å². The molecule has 1 heterocycles. The topological polar surface area (TPSA) is 38.3 Å². The molecule has 0 fully saturated rings. The summed E-state index contributed by atoms with van der Waals surface area (Å²) in [7, 11) is 0. The van der Waals surface area contributed by atoms with E-state index in [1.54, 1.807) is 11.3 Å². The second-order valence-corrected chi connectivity index (χ2v) is 7.10. The first-order chi connectivity index (χ1) is 9.33. The van der Waals surface area contributed by atoms with Gasteiger partial charge in [-0.3, -0.25) is 5.32 Å². The molecule has 0 unspecified atom stereocenters. The molecule has 0 radical (unpaired) electrons. The van der Waals surface area contributed by atoms with Crippen LogP contribution in [0.3, 0.4) is 0 Å². The summed E-state index contributed by atoms with van der Waals surface area (Å²) in [5.41, 5.74) is 1.60. The molecule has 3 nitrogen and oxygen atoms in total. The fraction of sp³-hybridized carbons (Fsp3) is 0.688. The summed E-state index contributed by atoms with van der Waals surface area (Å²) >= 11 is 1.72. The molecule has 114 valence electrons. The van der Waals surface area contributed by atoms with E-state index in [2.05, 4.69) is 19.2 Å². The highest BCUT2D eigenvalue weighted by atomic mass is 32.1. The third kappa shape index (κ3) is 5.95.